The second kappa shape index (κ2) is 55.0. The maximum Gasteiger partial charge on any atom is 0.472 e. The fraction of sp³-hybridized carbons (Fsp3) is 0.905. The molecule has 0 aromatic rings. The van der Waals surface area contributed by atoms with Gasteiger partial charge in [-0.05, 0) is 76.5 Å². The third-order valence-corrected chi connectivity index (χ3v) is 20.1. The fourth-order valence-electron chi connectivity index (χ4n) is 12.7. The van der Waals surface area contributed by atoms with Gasteiger partial charge < -0.3 is 89.1 Å². The molecule has 0 aromatic heterocycles. The van der Waals surface area contributed by atoms with Gasteiger partial charge in [-0.1, -0.05) is 225 Å². The smallest absolute Gasteiger partial charge is 0.463 e. The molecule has 3 rings (SSSR count). The second-order valence-electron chi connectivity index (χ2n) is 28.0. The summed E-state index contributed by atoms with van der Waals surface area (Å²) in [5.41, 5.74) is 0. The number of hydrogen-bond acceptors (Lipinski definition) is 23. The van der Waals surface area contributed by atoms with E-state index in [0.29, 0.717) is 31.6 Å². The van der Waals surface area contributed by atoms with Crippen molar-refractivity contribution in [1.29, 1.82) is 0 Å². The highest BCUT2D eigenvalue weighted by molar-refractivity contribution is 7.47. The molecule has 1 aliphatic carbocycles. The van der Waals surface area contributed by atoms with Crippen LogP contribution >= 0.6 is 7.82 Å². The molecule has 580 valence electrons. The van der Waals surface area contributed by atoms with Gasteiger partial charge in [-0.25, -0.2) is 4.57 Å². The van der Waals surface area contributed by atoms with E-state index in [1.165, 1.54) is 109 Å². The number of unbranched alkanes of at least 4 members (excludes halogenated alkanes) is 30. The second-order valence-corrected chi connectivity index (χ2v) is 29.4. The molecule has 99 heavy (non-hydrogen) atoms. The van der Waals surface area contributed by atoms with E-state index in [9.17, 15) is 74.9 Å². The van der Waals surface area contributed by atoms with Gasteiger partial charge in [0.2, 0.25) is 0 Å². The average molecular weight is 1440 g/mol. The van der Waals surface area contributed by atoms with Crippen LogP contribution in [0.15, 0.2) is 24.3 Å². The third-order valence-electron chi connectivity index (χ3n) is 19.1. The van der Waals surface area contributed by atoms with E-state index in [4.69, 9.17) is 42.2 Å². The molecule has 0 amide bonds. The fourth-order valence-corrected chi connectivity index (χ4v) is 13.7. The van der Waals surface area contributed by atoms with Crippen molar-refractivity contribution in [2.45, 2.75) is 395 Å². The normalized spacial score (nSPS) is 27.9. The molecule has 2 heterocycles. The van der Waals surface area contributed by atoms with Crippen LogP contribution < -0.4 is 0 Å². The largest absolute Gasteiger partial charge is 0.472 e. The number of carbonyl (C=O) groups is 3. The van der Waals surface area contributed by atoms with Crippen molar-refractivity contribution in [3.8, 4) is 0 Å². The summed E-state index contributed by atoms with van der Waals surface area (Å²) < 4.78 is 65.1. The molecule has 0 radical (unpaired) electrons. The van der Waals surface area contributed by atoms with Crippen LogP contribution in [0.1, 0.15) is 291 Å². The molecule has 3 fully saturated rings. The van der Waals surface area contributed by atoms with Gasteiger partial charge in [0, 0.05) is 19.3 Å². The van der Waals surface area contributed by atoms with E-state index in [1.807, 2.05) is 0 Å². The molecule has 1 saturated carbocycles. The van der Waals surface area contributed by atoms with Crippen LogP contribution in [0.25, 0.3) is 0 Å². The number of allylic oxidation sites excluding steroid dienone is 4. The first kappa shape index (κ1) is 90.7. The lowest BCUT2D eigenvalue weighted by Crippen LogP contribution is -2.69. The number of rotatable bonds is 59. The van der Waals surface area contributed by atoms with Crippen LogP contribution in [0.3, 0.4) is 0 Å². The monoisotopic (exact) mass is 1440 g/mol. The van der Waals surface area contributed by atoms with Crippen molar-refractivity contribution >= 4 is 25.7 Å². The number of phosphoric ester groups is 1. The Hall–Kier alpha value is -2.56. The quantitative estimate of drug-likeness (QED) is 0.00886. The summed E-state index contributed by atoms with van der Waals surface area (Å²) in [4.78, 5) is 51.1. The maximum atomic E-state index is 14.3. The zero-order chi connectivity index (χ0) is 72.6. The number of aliphatic hydroxyl groups is 10. The van der Waals surface area contributed by atoms with E-state index < -0.39 is 156 Å². The van der Waals surface area contributed by atoms with Crippen LogP contribution in [0.5, 0.6) is 0 Å². The third kappa shape index (κ3) is 38.3. The lowest BCUT2D eigenvalue weighted by Gasteiger charge is -2.49. The van der Waals surface area contributed by atoms with E-state index in [1.54, 1.807) is 0 Å². The average Bonchev–Trinajstić information content (AvgIpc) is 0.763. The van der Waals surface area contributed by atoms with Crippen molar-refractivity contribution in [2.75, 3.05) is 26.4 Å². The lowest BCUT2D eigenvalue weighted by atomic mass is 9.84. The topological polar surface area (TPSA) is 374 Å². The van der Waals surface area contributed by atoms with E-state index in [2.05, 4.69) is 52.0 Å². The van der Waals surface area contributed by atoms with Gasteiger partial charge in [-0.2, -0.15) is 0 Å². The molecule has 19 unspecified atom stereocenters. The van der Waals surface area contributed by atoms with Gasteiger partial charge >= 0.3 is 25.7 Å². The minimum absolute atomic E-state index is 0.0226. The summed E-state index contributed by atoms with van der Waals surface area (Å²) in [6.45, 7) is 5.74. The van der Waals surface area contributed by atoms with Gasteiger partial charge in [-0.3, -0.25) is 23.4 Å². The Kier molecular flexibility index (Phi) is 50.3. The maximum absolute atomic E-state index is 14.3. The van der Waals surface area contributed by atoms with Crippen LogP contribution in [0.2, 0.25) is 0 Å². The Labute approximate surface area is 592 Å². The molecule has 0 bridgehead atoms. The molecule has 2 saturated heterocycles. The van der Waals surface area contributed by atoms with Crippen molar-refractivity contribution in [1.82, 2.24) is 0 Å². The van der Waals surface area contributed by atoms with Crippen molar-refractivity contribution in [3.63, 3.8) is 0 Å². The zero-order valence-corrected chi connectivity index (χ0v) is 61.6. The Balaban J connectivity index is 1.74. The molecule has 0 aromatic carbocycles. The Morgan fingerprint density at radius 1 is 0.414 bits per heavy atom. The number of carbonyl (C=O) groups excluding carboxylic acids is 3. The lowest BCUT2D eigenvalue weighted by molar-refractivity contribution is -0.360. The Morgan fingerprint density at radius 2 is 0.768 bits per heavy atom. The van der Waals surface area contributed by atoms with Gasteiger partial charge in [0.1, 0.15) is 98.7 Å². The van der Waals surface area contributed by atoms with Gasteiger partial charge in [0.05, 0.1) is 13.2 Å². The summed E-state index contributed by atoms with van der Waals surface area (Å²) in [5, 5.41) is 110. The first-order valence-electron chi connectivity index (χ1n) is 38.5. The molecular weight excluding hydrogens is 1300 g/mol. The van der Waals surface area contributed by atoms with E-state index in [-0.39, 0.29) is 19.3 Å². The van der Waals surface area contributed by atoms with E-state index in [0.717, 1.165) is 109 Å². The molecular formula is C74H135O24P. The zero-order valence-electron chi connectivity index (χ0n) is 60.7. The van der Waals surface area contributed by atoms with Crippen LogP contribution in [-0.2, 0) is 61.2 Å². The number of phosphoric acid groups is 1. The highest BCUT2D eigenvalue weighted by atomic mass is 31.2. The van der Waals surface area contributed by atoms with Crippen molar-refractivity contribution in [3.05, 3.63) is 24.3 Å². The molecule has 25 heteroatoms. The molecule has 11 N–H and O–H groups in total. The first-order chi connectivity index (χ1) is 47.7. The Morgan fingerprint density at radius 3 is 1.21 bits per heavy atom. The SMILES string of the molecule is CCCCCC/C=C\CCCCCCCCCC(=O)OCC1OC(OC2C(O)C(O)C(O)C(OC3OC(CO)C(O)C(O)C3O)C2OP(=O)(O)OCC(COC(=O)CCCCCCCCC(C)CCCCCCCC)OC(=O)CCCCC/C=C\CCCCCCCC)C(O)C(O)C1O. The standard InChI is InChI=1S/C74H135O24P/c1-5-8-11-14-17-19-21-23-24-26-27-29-31-37-43-48-59(77)91-53-57-62(80)64(82)69(87)74(95-57)97-71-67(85)65(83)66(84)70(96-73-68(86)63(81)61(79)56(50-75)94-73)72(71)98-99(88,89)92-52-55(93-60(78)49-44-39-32-30-28-25-22-20-18-15-12-9-6-2)51-90-58(76)47-42-38-34-33-36-41-46-54(4)45-40-35-16-13-10-7-3/h19,21,25,28,54-57,61-75,79-87H,5-18,20,22-24,26-27,29-53H2,1-4H3,(H,88,89)/b21-19-,28-25-. The summed E-state index contributed by atoms with van der Waals surface area (Å²) in [5.74, 6) is -1.31. The number of aliphatic hydroxyl groups excluding tert-OH is 10. The molecule has 3 aliphatic rings. The number of esters is 3. The highest BCUT2D eigenvalue weighted by Gasteiger charge is 2.58. The number of hydrogen-bond donors (Lipinski definition) is 11. The predicted molar refractivity (Wildman–Crippen MR) is 374 cm³/mol. The minimum Gasteiger partial charge on any atom is -0.463 e. The van der Waals surface area contributed by atoms with Crippen LogP contribution in [0, 0.1) is 5.92 Å². The summed E-state index contributed by atoms with van der Waals surface area (Å²) in [6.07, 6.45) is 13.9. The van der Waals surface area contributed by atoms with Crippen molar-refractivity contribution in [2.24, 2.45) is 5.92 Å². The molecule has 24 nitrogen and oxygen atoms in total. The van der Waals surface area contributed by atoms with Crippen LogP contribution in [-0.4, -0.2) is 204 Å². The predicted octanol–water partition coefficient (Wildman–Crippen LogP) is 10.8. The van der Waals surface area contributed by atoms with Crippen LogP contribution in [0.4, 0.5) is 0 Å². The van der Waals surface area contributed by atoms with Gasteiger partial charge in [0.25, 0.3) is 0 Å². The summed E-state index contributed by atoms with van der Waals surface area (Å²) in [7, 11) is -5.70. The summed E-state index contributed by atoms with van der Waals surface area (Å²) >= 11 is 0. The van der Waals surface area contributed by atoms with Gasteiger partial charge in [-0.15, -0.1) is 0 Å². The van der Waals surface area contributed by atoms with Gasteiger partial charge in [0.15, 0.2) is 18.7 Å². The van der Waals surface area contributed by atoms with E-state index >= 15 is 0 Å². The first-order valence-corrected chi connectivity index (χ1v) is 40.0. The molecule has 2 aliphatic heterocycles. The highest BCUT2D eigenvalue weighted by Crippen LogP contribution is 2.49. The number of ether oxygens (including phenoxy) is 7. The Bertz CT molecular complexity index is 2160. The summed E-state index contributed by atoms with van der Waals surface area (Å²) in [6, 6.07) is 0. The molecule has 0 spiro atoms. The molecule has 19 atom stereocenters. The van der Waals surface area contributed by atoms with Crippen molar-refractivity contribution < 1.29 is 117 Å². The minimum atomic E-state index is -5.70.